The van der Waals surface area contributed by atoms with Crippen molar-refractivity contribution >= 4 is 17.5 Å². The molecule has 1 rings (SSSR count). The van der Waals surface area contributed by atoms with Gasteiger partial charge in [0.1, 0.15) is 0 Å². The highest BCUT2D eigenvalue weighted by Crippen LogP contribution is 2.28. The smallest absolute Gasteiger partial charge is 0.160 e. The van der Waals surface area contributed by atoms with Gasteiger partial charge in [0, 0.05) is 15.7 Å². The van der Waals surface area contributed by atoms with Crippen molar-refractivity contribution in [2.24, 2.45) is 0 Å². The zero-order valence-corrected chi connectivity index (χ0v) is 9.73. The molecule has 1 nitrogen and oxygen atoms in total. The Balaban J connectivity index is 2.90. The van der Waals surface area contributed by atoms with Gasteiger partial charge in [0.2, 0.25) is 0 Å². The van der Waals surface area contributed by atoms with Crippen molar-refractivity contribution in [3.8, 4) is 0 Å². The zero-order chi connectivity index (χ0) is 10.6. The number of thioether (sulfide) groups is 1. The largest absolute Gasteiger partial charge is 0.294 e. The number of hydrogen-bond acceptors (Lipinski definition) is 2. The van der Waals surface area contributed by atoms with Crippen LogP contribution in [0.25, 0.3) is 0 Å². The van der Waals surface area contributed by atoms with Gasteiger partial charge in [-0.1, -0.05) is 32.0 Å². The molecule has 0 bridgehead atoms. The molecule has 0 aliphatic rings. The van der Waals surface area contributed by atoms with E-state index in [1.54, 1.807) is 18.7 Å². The quantitative estimate of drug-likeness (QED) is 0.553. The summed E-state index contributed by atoms with van der Waals surface area (Å²) in [7, 11) is 0. The lowest BCUT2D eigenvalue weighted by Gasteiger charge is -2.10. The van der Waals surface area contributed by atoms with Crippen LogP contribution >= 0.6 is 11.8 Å². The maximum atomic E-state index is 11.3. The average molecular weight is 208 g/mol. The number of ketones is 1. The Labute approximate surface area is 89.9 Å². The number of carbonyl (C=O) groups is 1. The highest BCUT2D eigenvalue weighted by atomic mass is 32.2. The predicted molar refractivity (Wildman–Crippen MR) is 62.1 cm³/mol. The Bertz CT molecular complexity index is 320. The summed E-state index contributed by atoms with van der Waals surface area (Å²) in [5.74, 6) is 0.149. The molecule has 0 heterocycles. The summed E-state index contributed by atoms with van der Waals surface area (Å²) in [5, 5.41) is 0.565. The molecule has 0 fully saturated rings. The molecule has 1 aromatic rings. The van der Waals surface area contributed by atoms with E-state index < -0.39 is 0 Å². The molecular formula is C12H16OS. The van der Waals surface area contributed by atoms with E-state index in [0.717, 1.165) is 16.9 Å². The van der Waals surface area contributed by atoms with Crippen LogP contribution in [0.3, 0.4) is 0 Å². The van der Waals surface area contributed by atoms with Crippen LogP contribution in [0, 0.1) is 0 Å². The molecule has 1 unspecified atom stereocenters. The fourth-order valence-electron chi connectivity index (χ4n) is 1.16. The fourth-order valence-corrected chi connectivity index (χ4v) is 2.26. The standard InChI is InChI=1S/C12H16OS/c1-4-9(2)14-12-8-6-5-7-11(12)10(3)13/h5-9H,4H2,1-3H3. The first kappa shape index (κ1) is 11.3. The number of hydrogen-bond donors (Lipinski definition) is 0. The van der Waals surface area contributed by atoms with Crippen LogP contribution in [-0.4, -0.2) is 11.0 Å². The summed E-state index contributed by atoms with van der Waals surface area (Å²) in [5.41, 5.74) is 0.845. The van der Waals surface area contributed by atoms with E-state index in [2.05, 4.69) is 13.8 Å². The van der Waals surface area contributed by atoms with E-state index in [9.17, 15) is 4.79 Å². The van der Waals surface area contributed by atoms with E-state index >= 15 is 0 Å². The maximum absolute atomic E-state index is 11.3. The maximum Gasteiger partial charge on any atom is 0.160 e. The summed E-state index contributed by atoms with van der Waals surface area (Å²) in [6.45, 7) is 5.96. The van der Waals surface area contributed by atoms with E-state index in [4.69, 9.17) is 0 Å². The van der Waals surface area contributed by atoms with Crippen molar-refractivity contribution in [3.05, 3.63) is 29.8 Å². The van der Waals surface area contributed by atoms with Gasteiger partial charge in [-0.05, 0) is 19.4 Å². The van der Waals surface area contributed by atoms with E-state index in [1.807, 2.05) is 24.3 Å². The molecule has 0 radical (unpaired) electrons. The van der Waals surface area contributed by atoms with Gasteiger partial charge in [0.05, 0.1) is 0 Å². The number of benzene rings is 1. The van der Waals surface area contributed by atoms with Crippen molar-refractivity contribution < 1.29 is 4.79 Å². The second-order valence-electron chi connectivity index (χ2n) is 3.39. The van der Waals surface area contributed by atoms with Crippen molar-refractivity contribution in [3.63, 3.8) is 0 Å². The minimum atomic E-state index is 0.149. The van der Waals surface area contributed by atoms with Crippen molar-refractivity contribution in [1.29, 1.82) is 0 Å². The second-order valence-corrected chi connectivity index (χ2v) is 4.87. The molecule has 0 N–H and O–H groups in total. The highest BCUT2D eigenvalue weighted by molar-refractivity contribution is 8.00. The van der Waals surface area contributed by atoms with Crippen LogP contribution in [0.4, 0.5) is 0 Å². The topological polar surface area (TPSA) is 17.1 Å². The van der Waals surface area contributed by atoms with Crippen LogP contribution in [0.5, 0.6) is 0 Å². The summed E-state index contributed by atoms with van der Waals surface area (Å²) in [6, 6.07) is 7.81. The van der Waals surface area contributed by atoms with Crippen molar-refractivity contribution in [2.45, 2.75) is 37.3 Å². The summed E-state index contributed by atoms with van der Waals surface area (Å²) in [4.78, 5) is 12.4. The molecule has 2 heteroatoms. The molecular weight excluding hydrogens is 192 g/mol. The van der Waals surface area contributed by atoms with E-state index in [0.29, 0.717) is 5.25 Å². The number of rotatable bonds is 4. The Morgan fingerprint density at radius 1 is 1.43 bits per heavy atom. The first-order valence-electron chi connectivity index (χ1n) is 4.91. The van der Waals surface area contributed by atoms with E-state index in [-0.39, 0.29) is 5.78 Å². The van der Waals surface area contributed by atoms with Gasteiger partial charge in [-0.3, -0.25) is 4.79 Å². The minimum Gasteiger partial charge on any atom is -0.294 e. The minimum absolute atomic E-state index is 0.149. The normalized spacial score (nSPS) is 12.5. The lowest BCUT2D eigenvalue weighted by Crippen LogP contribution is -1.98. The molecule has 0 spiro atoms. The molecule has 0 saturated heterocycles. The molecule has 1 atom stereocenters. The second kappa shape index (κ2) is 5.20. The Morgan fingerprint density at radius 2 is 2.07 bits per heavy atom. The third-order valence-electron chi connectivity index (χ3n) is 2.17. The molecule has 1 aromatic carbocycles. The van der Waals surface area contributed by atoms with Gasteiger partial charge < -0.3 is 0 Å². The third kappa shape index (κ3) is 2.88. The van der Waals surface area contributed by atoms with Crippen LogP contribution in [-0.2, 0) is 0 Å². The van der Waals surface area contributed by atoms with Crippen molar-refractivity contribution in [2.75, 3.05) is 0 Å². The monoisotopic (exact) mass is 208 g/mol. The van der Waals surface area contributed by atoms with Gasteiger partial charge in [-0.25, -0.2) is 0 Å². The summed E-state index contributed by atoms with van der Waals surface area (Å²) >= 11 is 1.78. The average Bonchev–Trinajstić information content (AvgIpc) is 2.18. The molecule has 76 valence electrons. The van der Waals surface area contributed by atoms with Crippen LogP contribution in [0.1, 0.15) is 37.6 Å². The van der Waals surface area contributed by atoms with Crippen LogP contribution in [0.2, 0.25) is 0 Å². The molecule has 0 aliphatic carbocycles. The van der Waals surface area contributed by atoms with Crippen LogP contribution in [0.15, 0.2) is 29.2 Å². The van der Waals surface area contributed by atoms with Crippen molar-refractivity contribution in [1.82, 2.24) is 0 Å². The fraction of sp³-hybridized carbons (Fsp3) is 0.417. The first-order valence-corrected chi connectivity index (χ1v) is 5.79. The van der Waals surface area contributed by atoms with Gasteiger partial charge in [0.25, 0.3) is 0 Å². The third-order valence-corrected chi connectivity index (χ3v) is 3.52. The molecule has 0 aromatic heterocycles. The van der Waals surface area contributed by atoms with E-state index in [1.165, 1.54) is 0 Å². The Kier molecular flexibility index (Phi) is 4.21. The first-order chi connectivity index (χ1) is 6.65. The zero-order valence-electron chi connectivity index (χ0n) is 8.91. The highest BCUT2D eigenvalue weighted by Gasteiger charge is 2.09. The van der Waals surface area contributed by atoms with Crippen LogP contribution < -0.4 is 0 Å². The lowest BCUT2D eigenvalue weighted by molar-refractivity contribution is 0.101. The summed E-state index contributed by atoms with van der Waals surface area (Å²) in [6.07, 6.45) is 1.12. The van der Waals surface area contributed by atoms with Gasteiger partial charge >= 0.3 is 0 Å². The molecule has 0 amide bonds. The van der Waals surface area contributed by atoms with Gasteiger partial charge in [0.15, 0.2) is 5.78 Å². The summed E-state index contributed by atoms with van der Waals surface area (Å²) < 4.78 is 0. The van der Waals surface area contributed by atoms with Gasteiger partial charge in [-0.15, -0.1) is 11.8 Å². The number of carbonyl (C=O) groups excluding carboxylic acids is 1. The SMILES string of the molecule is CCC(C)Sc1ccccc1C(C)=O. The molecule has 0 saturated carbocycles. The lowest BCUT2D eigenvalue weighted by atomic mass is 10.1. The molecule has 0 aliphatic heterocycles. The van der Waals surface area contributed by atoms with Gasteiger partial charge in [-0.2, -0.15) is 0 Å². The Hall–Kier alpha value is -0.760. The number of Topliss-reactive ketones (excluding diaryl/α,β-unsaturated/α-hetero) is 1. The molecule has 14 heavy (non-hydrogen) atoms. The Morgan fingerprint density at radius 3 is 2.64 bits per heavy atom. The predicted octanol–water partition coefficient (Wildman–Crippen LogP) is 3.78.